The Labute approximate surface area is 124 Å². The minimum atomic E-state index is -0.0220. The number of hydrogen-bond donors (Lipinski definition) is 2. The van der Waals surface area contributed by atoms with E-state index in [4.69, 9.17) is 5.73 Å². The van der Waals surface area contributed by atoms with E-state index in [1.807, 2.05) is 6.92 Å². The summed E-state index contributed by atoms with van der Waals surface area (Å²) in [6.45, 7) is 6.69. The second-order valence-corrected chi connectivity index (χ2v) is 5.99. The molecule has 1 atom stereocenters. The molecular weight excluding hydrogens is 250 g/mol. The van der Waals surface area contributed by atoms with Crippen molar-refractivity contribution in [3.8, 4) is 0 Å². The molecule has 1 fully saturated rings. The molecule has 4 heteroatoms. The lowest BCUT2D eigenvalue weighted by Gasteiger charge is -2.33. The highest BCUT2D eigenvalue weighted by molar-refractivity contribution is 5.81. The van der Waals surface area contributed by atoms with Crippen LogP contribution in [0.15, 0.2) is 0 Å². The van der Waals surface area contributed by atoms with Crippen LogP contribution < -0.4 is 11.1 Å². The minimum absolute atomic E-state index is 0.0220. The highest BCUT2D eigenvalue weighted by Gasteiger charge is 2.29. The topological polar surface area (TPSA) is 58.4 Å². The van der Waals surface area contributed by atoms with Crippen LogP contribution in [0.25, 0.3) is 0 Å². The van der Waals surface area contributed by atoms with Gasteiger partial charge in [0.15, 0.2) is 0 Å². The molecule has 3 N–H and O–H groups in total. The van der Waals surface area contributed by atoms with Crippen molar-refractivity contribution in [2.45, 2.75) is 77.3 Å². The Kier molecular flexibility index (Phi) is 8.86. The van der Waals surface area contributed by atoms with E-state index in [2.05, 4.69) is 17.1 Å². The maximum atomic E-state index is 12.3. The fourth-order valence-electron chi connectivity index (χ4n) is 3.09. The highest BCUT2D eigenvalue weighted by atomic mass is 16.2. The molecule has 1 rings (SSSR count). The summed E-state index contributed by atoms with van der Waals surface area (Å²) in [4.78, 5) is 14.7. The number of unbranched alkanes of at least 4 members (excludes halogenated alkanes) is 2. The van der Waals surface area contributed by atoms with Gasteiger partial charge in [-0.25, -0.2) is 0 Å². The second kappa shape index (κ2) is 10.2. The van der Waals surface area contributed by atoms with E-state index >= 15 is 0 Å². The summed E-state index contributed by atoms with van der Waals surface area (Å²) in [6.07, 6.45) is 9.51. The van der Waals surface area contributed by atoms with Crippen LogP contribution in [-0.2, 0) is 4.79 Å². The van der Waals surface area contributed by atoms with Gasteiger partial charge >= 0.3 is 0 Å². The van der Waals surface area contributed by atoms with Crippen molar-refractivity contribution in [3.63, 3.8) is 0 Å². The first kappa shape index (κ1) is 17.4. The van der Waals surface area contributed by atoms with Crippen molar-refractivity contribution in [1.82, 2.24) is 10.2 Å². The lowest BCUT2D eigenvalue weighted by molar-refractivity contribution is -0.126. The second-order valence-electron chi connectivity index (χ2n) is 5.99. The molecule has 0 saturated heterocycles. The van der Waals surface area contributed by atoms with Gasteiger partial charge in [0.25, 0.3) is 0 Å². The maximum absolute atomic E-state index is 12.3. The normalized spacial score (nSPS) is 17.6. The molecular formula is C16H33N3O. The Bertz CT molecular complexity index is 264. The number of amides is 1. The molecule has 1 aliphatic rings. The summed E-state index contributed by atoms with van der Waals surface area (Å²) in [5.41, 5.74) is 5.64. The van der Waals surface area contributed by atoms with Gasteiger partial charge in [-0.05, 0) is 39.2 Å². The predicted molar refractivity (Wildman–Crippen MR) is 84.6 cm³/mol. The molecule has 0 aromatic heterocycles. The zero-order valence-corrected chi connectivity index (χ0v) is 13.4. The Morgan fingerprint density at radius 1 is 1.30 bits per heavy atom. The van der Waals surface area contributed by atoms with Crippen LogP contribution in [0.1, 0.15) is 65.2 Å². The average Bonchev–Trinajstić information content (AvgIpc) is 2.97. The van der Waals surface area contributed by atoms with Crippen LogP contribution in [0.5, 0.6) is 0 Å². The summed E-state index contributed by atoms with van der Waals surface area (Å²) in [6, 6.07) is 0.559. The summed E-state index contributed by atoms with van der Waals surface area (Å²) in [5.74, 6) is 0.185. The largest absolute Gasteiger partial charge is 0.355 e. The molecule has 0 radical (unpaired) electrons. The minimum Gasteiger partial charge on any atom is -0.355 e. The summed E-state index contributed by atoms with van der Waals surface area (Å²) < 4.78 is 0. The zero-order chi connectivity index (χ0) is 14.8. The molecule has 1 amide bonds. The molecule has 1 aliphatic carbocycles. The van der Waals surface area contributed by atoms with Crippen LogP contribution in [0.2, 0.25) is 0 Å². The van der Waals surface area contributed by atoms with E-state index in [9.17, 15) is 4.79 Å². The first-order valence-electron chi connectivity index (χ1n) is 8.44. The number of rotatable bonds is 10. The van der Waals surface area contributed by atoms with Crippen molar-refractivity contribution in [2.75, 3.05) is 19.6 Å². The molecule has 0 bridgehead atoms. The summed E-state index contributed by atoms with van der Waals surface area (Å²) in [5, 5.41) is 3.09. The molecule has 0 spiro atoms. The van der Waals surface area contributed by atoms with Crippen molar-refractivity contribution >= 4 is 5.91 Å². The smallest absolute Gasteiger partial charge is 0.237 e. The predicted octanol–water partition coefficient (Wildman–Crippen LogP) is 2.27. The lowest BCUT2D eigenvalue weighted by atomic mass is 10.1. The average molecular weight is 283 g/mol. The lowest BCUT2D eigenvalue weighted by Crippen LogP contribution is -2.49. The molecule has 0 aromatic rings. The quantitative estimate of drug-likeness (QED) is 0.605. The van der Waals surface area contributed by atoms with E-state index in [0.717, 1.165) is 25.9 Å². The van der Waals surface area contributed by atoms with Gasteiger partial charge < -0.3 is 11.1 Å². The fourth-order valence-corrected chi connectivity index (χ4v) is 3.09. The van der Waals surface area contributed by atoms with Crippen LogP contribution in [0.4, 0.5) is 0 Å². The van der Waals surface area contributed by atoms with Gasteiger partial charge in [0.1, 0.15) is 0 Å². The first-order chi connectivity index (χ1) is 9.70. The molecule has 0 heterocycles. The Morgan fingerprint density at radius 3 is 2.60 bits per heavy atom. The Hall–Kier alpha value is -0.610. The van der Waals surface area contributed by atoms with Gasteiger partial charge in [0.05, 0.1) is 6.04 Å². The fraction of sp³-hybridized carbons (Fsp3) is 0.938. The van der Waals surface area contributed by atoms with Crippen molar-refractivity contribution in [1.29, 1.82) is 0 Å². The van der Waals surface area contributed by atoms with E-state index in [1.54, 1.807) is 0 Å². The summed E-state index contributed by atoms with van der Waals surface area (Å²) in [7, 11) is 0. The number of nitrogens with two attached hydrogens (primary N) is 1. The number of hydrogen-bond acceptors (Lipinski definition) is 3. The third-order valence-electron chi connectivity index (χ3n) is 4.37. The first-order valence-corrected chi connectivity index (χ1v) is 8.44. The maximum Gasteiger partial charge on any atom is 0.237 e. The van der Waals surface area contributed by atoms with Crippen LogP contribution >= 0.6 is 0 Å². The van der Waals surface area contributed by atoms with Crippen molar-refractivity contribution < 1.29 is 4.79 Å². The zero-order valence-electron chi connectivity index (χ0n) is 13.4. The molecule has 4 nitrogen and oxygen atoms in total. The Morgan fingerprint density at radius 2 is 2.00 bits per heavy atom. The van der Waals surface area contributed by atoms with Crippen LogP contribution in [0, 0.1) is 0 Å². The highest BCUT2D eigenvalue weighted by Crippen LogP contribution is 2.25. The molecule has 20 heavy (non-hydrogen) atoms. The van der Waals surface area contributed by atoms with E-state index in [0.29, 0.717) is 12.6 Å². The summed E-state index contributed by atoms with van der Waals surface area (Å²) >= 11 is 0. The van der Waals surface area contributed by atoms with Gasteiger partial charge in [-0.2, -0.15) is 0 Å². The number of carbonyl (C=O) groups excluding carboxylic acids is 1. The third-order valence-corrected chi connectivity index (χ3v) is 4.37. The monoisotopic (exact) mass is 283 g/mol. The number of nitrogens with one attached hydrogen (secondary N) is 1. The number of nitrogens with zero attached hydrogens (tertiary/aromatic N) is 1. The third kappa shape index (κ3) is 5.80. The van der Waals surface area contributed by atoms with Gasteiger partial charge in [0, 0.05) is 19.1 Å². The number of carbonyl (C=O) groups is 1. The van der Waals surface area contributed by atoms with Crippen molar-refractivity contribution in [2.24, 2.45) is 5.73 Å². The molecule has 1 saturated carbocycles. The van der Waals surface area contributed by atoms with Gasteiger partial charge in [-0.1, -0.05) is 32.6 Å². The molecule has 1 unspecified atom stereocenters. The van der Waals surface area contributed by atoms with Crippen LogP contribution in [0.3, 0.4) is 0 Å². The van der Waals surface area contributed by atoms with E-state index < -0.39 is 0 Å². The van der Waals surface area contributed by atoms with Crippen LogP contribution in [-0.4, -0.2) is 42.5 Å². The van der Waals surface area contributed by atoms with Gasteiger partial charge in [0.2, 0.25) is 5.91 Å². The van der Waals surface area contributed by atoms with E-state index in [1.165, 1.54) is 38.5 Å². The molecule has 118 valence electrons. The van der Waals surface area contributed by atoms with Gasteiger partial charge in [-0.15, -0.1) is 0 Å². The molecule has 0 aromatic carbocycles. The SMILES string of the molecule is CCCCCNC(=O)C(C)N(CCCN)C1CCCC1. The van der Waals surface area contributed by atoms with E-state index in [-0.39, 0.29) is 11.9 Å². The Balaban J connectivity index is 2.43. The standard InChI is InChI=1S/C16H33N3O/c1-3-4-7-12-18-16(20)14(2)19(13-8-11-17)15-9-5-6-10-15/h14-15H,3-13,17H2,1-2H3,(H,18,20). The van der Waals surface area contributed by atoms with Crippen molar-refractivity contribution in [3.05, 3.63) is 0 Å². The van der Waals surface area contributed by atoms with Gasteiger partial charge in [-0.3, -0.25) is 9.69 Å². The molecule has 0 aliphatic heterocycles.